The fraction of sp³-hybridized carbons (Fsp3) is 0.250. The van der Waals surface area contributed by atoms with E-state index < -0.39 is 0 Å². The van der Waals surface area contributed by atoms with Crippen molar-refractivity contribution in [2.24, 2.45) is 0 Å². The van der Waals surface area contributed by atoms with Crippen LogP contribution in [0, 0.1) is 0 Å². The van der Waals surface area contributed by atoms with E-state index in [0.29, 0.717) is 12.3 Å². The van der Waals surface area contributed by atoms with Gasteiger partial charge in [-0.05, 0) is 36.2 Å². The number of anilines is 1. The largest absolute Gasteiger partial charge is 0.504 e. The molecule has 0 unspecified atom stereocenters. The van der Waals surface area contributed by atoms with Crippen molar-refractivity contribution in [1.29, 1.82) is 0 Å². The van der Waals surface area contributed by atoms with Gasteiger partial charge in [0, 0.05) is 22.3 Å². The van der Waals surface area contributed by atoms with Crippen molar-refractivity contribution in [1.82, 2.24) is 0 Å². The maximum atomic E-state index is 10.1. The third kappa shape index (κ3) is 3.25. The third-order valence-electron chi connectivity index (χ3n) is 3.22. The van der Waals surface area contributed by atoms with Crippen LogP contribution >= 0.6 is 15.9 Å². The van der Waals surface area contributed by atoms with E-state index >= 15 is 0 Å². The van der Waals surface area contributed by atoms with E-state index in [1.165, 1.54) is 5.56 Å². The summed E-state index contributed by atoms with van der Waals surface area (Å²) in [6, 6.07) is 11.7. The summed E-state index contributed by atoms with van der Waals surface area (Å²) in [6.07, 6.45) is 0.950. The summed E-state index contributed by atoms with van der Waals surface area (Å²) in [5.74, 6) is 0.688. The topological polar surface area (TPSA) is 41.5 Å². The fourth-order valence-electron chi connectivity index (χ4n) is 2.09. The lowest BCUT2D eigenvalue weighted by molar-refractivity contribution is 0.371. The van der Waals surface area contributed by atoms with Crippen molar-refractivity contribution in [3.63, 3.8) is 0 Å². The molecular weight excluding hydrogens is 318 g/mol. The number of nitrogens with one attached hydrogen (secondary N) is 1. The number of rotatable bonds is 5. The Balaban J connectivity index is 2.17. The van der Waals surface area contributed by atoms with Crippen LogP contribution in [0.4, 0.5) is 5.69 Å². The Bertz CT molecular complexity index is 599. The molecule has 0 aliphatic rings. The van der Waals surface area contributed by atoms with Gasteiger partial charge in [0.2, 0.25) is 0 Å². The fourth-order valence-corrected chi connectivity index (χ4v) is 2.50. The van der Waals surface area contributed by atoms with Crippen LogP contribution in [0.5, 0.6) is 11.5 Å². The lowest BCUT2D eigenvalue weighted by atomic mass is 10.1. The standard InChI is InChI=1S/C16H18BrNO2/c1-3-11-9-13(17)7-8-14(11)18-10-12-5-4-6-15(20-2)16(12)19/h4-9,18-19H,3,10H2,1-2H3. The van der Waals surface area contributed by atoms with Crippen LogP contribution < -0.4 is 10.1 Å². The number of hydrogen-bond donors (Lipinski definition) is 2. The van der Waals surface area contributed by atoms with Gasteiger partial charge in [0.1, 0.15) is 0 Å². The highest BCUT2D eigenvalue weighted by Crippen LogP contribution is 2.30. The molecule has 0 bridgehead atoms. The quantitative estimate of drug-likeness (QED) is 0.854. The van der Waals surface area contributed by atoms with E-state index in [0.717, 1.165) is 22.1 Å². The molecule has 2 aromatic rings. The molecule has 0 spiro atoms. The molecule has 0 aliphatic carbocycles. The minimum Gasteiger partial charge on any atom is -0.504 e. The average Bonchev–Trinajstić information content (AvgIpc) is 2.47. The maximum absolute atomic E-state index is 10.1. The number of phenolic OH excluding ortho intramolecular Hbond substituents is 1. The first-order chi connectivity index (χ1) is 9.65. The predicted molar refractivity (Wildman–Crippen MR) is 85.5 cm³/mol. The first-order valence-corrected chi connectivity index (χ1v) is 7.32. The molecule has 106 valence electrons. The van der Waals surface area contributed by atoms with Crippen LogP contribution in [0.25, 0.3) is 0 Å². The van der Waals surface area contributed by atoms with Gasteiger partial charge in [-0.25, -0.2) is 0 Å². The molecule has 0 fully saturated rings. The number of phenols is 1. The van der Waals surface area contributed by atoms with Crippen molar-refractivity contribution in [2.45, 2.75) is 19.9 Å². The molecule has 2 N–H and O–H groups in total. The molecule has 0 heterocycles. The summed E-state index contributed by atoms with van der Waals surface area (Å²) in [6.45, 7) is 2.67. The van der Waals surface area contributed by atoms with E-state index in [2.05, 4.69) is 34.2 Å². The van der Waals surface area contributed by atoms with Gasteiger partial charge in [0.25, 0.3) is 0 Å². The number of aromatic hydroxyl groups is 1. The zero-order valence-corrected chi connectivity index (χ0v) is 13.2. The zero-order valence-electron chi connectivity index (χ0n) is 11.6. The summed E-state index contributed by atoms with van der Waals surface area (Å²) in [5, 5.41) is 13.4. The van der Waals surface area contributed by atoms with E-state index in [4.69, 9.17) is 4.74 Å². The molecule has 2 rings (SSSR count). The predicted octanol–water partition coefficient (Wildman–Crippen LogP) is 4.34. The summed E-state index contributed by atoms with van der Waals surface area (Å²) < 4.78 is 6.19. The maximum Gasteiger partial charge on any atom is 0.162 e. The van der Waals surface area contributed by atoms with E-state index in [-0.39, 0.29) is 5.75 Å². The molecule has 3 nitrogen and oxygen atoms in total. The molecule has 2 aromatic carbocycles. The van der Waals surface area contributed by atoms with E-state index in [1.807, 2.05) is 24.3 Å². The van der Waals surface area contributed by atoms with Gasteiger partial charge in [-0.3, -0.25) is 0 Å². The van der Waals surface area contributed by atoms with Crippen molar-refractivity contribution >= 4 is 21.6 Å². The third-order valence-corrected chi connectivity index (χ3v) is 3.71. The molecule has 4 heteroatoms. The minimum absolute atomic E-state index is 0.192. The van der Waals surface area contributed by atoms with Gasteiger partial charge in [-0.1, -0.05) is 35.0 Å². The number of aryl methyl sites for hydroxylation is 1. The SMILES string of the molecule is CCc1cc(Br)ccc1NCc1cccc(OC)c1O. The molecule has 0 saturated heterocycles. The minimum atomic E-state index is 0.192. The highest BCUT2D eigenvalue weighted by molar-refractivity contribution is 9.10. The molecule has 20 heavy (non-hydrogen) atoms. The van der Waals surface area contributed by atoms with Gasteiger partial charge >= 0.3 is 0 Å². The monoisotopic (exact) mass is 335 g/mol. The van der Waals surface area contributed by atoms with E-state index in [9.17, 15) is 5.11 Å². The summed E-state index contributed by atoms with van der Waals surface area (Å²) in [5.41, 5.74) is 3.13. The van der Waals surface area contributed by atoms with Crippen molar-refractivity contribution in [2.75, 3.05) is 12.4 Å². The number of ether oxygens (including phenoxy) is 1. The Morgan fingerprint density at radius 3 is 2.70 bits per heavy atom. The number of halogens is 1. The number of para-hydroxylation sites is 1. The lowest BCUT2D eigenvalue weighted by Gasteiger charge is -2.13. The molecule has 0 radical (unpaired) electrons. The molecular formula is C16H18BrNO2. The van der Waals surface area contributed by atoms with Gasteiger partial charge in [-0.15, -0.1) is 0 Å². The number of benzene rings is 2. The summed E-state index contributed by atoms with van der Waals surface area (Å²) >= 11 is 3.48. The molecule has 0 atom stereocenters. The summed E-state index contributed by atoms with van der Waals surface area (Å²) in [4.78, 5) is 0. The Hall–Kier alpha value is -1.68. The zero-order chi connectivity index (χ0) is 14.5. The van der Waals surface area contributed by atoms with Gasteiger partial charge in [-0.2, -0.15) is 0 Å². The van der Waals surface area contributed by atoms with E-state index in [1.54, 1.807) is 13.2 Å². The van der Waals surface area contributed by atoms with Gasteiger partial charge in [0.05, 0.1) is 7.11 Å². The Morgan fingerprint density at radius 1 is 1.20 bits per heavy atom. The lowest BCUT2D eigenvalue weighted by Crippen LogP contribution is -2.03. The van der Waals surface area contributed by atoms with Crippen molar-refractivity contribution < 1.29 is 9.84 Å². The smallest absolute Gasteiger partial charge is 0.162 e. The Labute approximate surface area is 127 Å². The number of methoxy groups -OCH3 is 1. The highest BCUT2D eigenvalue weighted by atomic mass is 79.9. The Kier molecular flexibility index (Phi) is 4.90. The van der Waals surface area contributed by atoms with Crippen molar-refractivity contribution in [3.05, 3.63) is 52.0 Å². The normalized spacial score (nSPS) is 10.3. The van der Waals surface area contributed by atoms with Crippen LogP contribution in [0.1, 0.15) is 18.1 Å². The second kappa shape index (κ2) is 6.66. The van der Waals surface area contributed by atoms with Crippen molar-refractivity contribution in [3.8, 4) is 11.5 Å². The van der Waals surface area contributed by atoms with Crippen LogP contribution in [0.3, 0.4) is 0 Å². The van der Waals surface area contributed by atoms with Crippen LogP contribution in [0.2, 0.25) is 0 Å². The molecule has 0 aliphatic heterocycles. The summed E-state index contributed by atoms with van der Waals surface area (Å²) in [7, 11) is 1.55. The van der Waals surface area contributed by atoms with Crippen LogP contribution in [-0.2, 0) is 13.0 Å². The second-order valence-corrected chi connectivity index (χ2v) is 5.39. The van der Waals surface area contributed by atoms with Gasteiger partial charge < -0.3 is 15.2 Å². The highest BCUT2D eigenvalue weighted by Gasteiger charge is 2.08. The second-order valence-electron chi connectivity index (χ2n) is 4.48. The molecule has 0 aromatic heterocycles. The van der Waals surface area contributed by atoms with Gasteiger partial charge in [0.15, 0.2) is 11.5 Å². The first kappa shape index (κ1) is 14.7. The molecule has 0 amide bonds. The van der Waals surface area contributed by atoms with Crippen LogP contribution in [-0.4, -0.2) is 12.2 Å². The Morgan fingerprint density at radius 2 is 2.00 bits per heavy atom. The first-order valence-electron chi connectivity index (χ1n) is 6.52. The molecule has 0 saturated carbocycles. The number of hydrogen-bond acceptors (Lipinski definition) is 3. The van der Waals surface area contributed by atoms with Crippen LogP contribution in [0.15, 0.2) is 40.9 Å². The average molecular weight is 336 g/mol.